The Kier molecular flexibility index (Phi) is 3.30. The monoisotopic (exact) mass is 163 g/mol. The van der Waals surface area contributed by atoms with Crippen LogP contribution in [0.3, 0.4) is 0 Å². The van der Waals surface area contributed by atoms with Crippen molar-refractivity contribution < 1.29 is 0 Å². The van der Waals surface area contributed by atoms with Crippen LogP contribution in [0, 0.1) is 0 Å². The van der Waals surface area contributed by atoms with Gasteiger partial charge in [0.2, 0.25) is 0 Å². The lowest BCUT2D eigenvalue weighted by Crippen LogP contribution is -2.10. The number of nitrogens with two attached hydrogens (primary N) is 1. The van der Waals surface area contributed by atoms with Gasteiger partial charge in [0, 0.05) is 6.04 Å². The third-order valence-corrected chi connectivity index (χ3v) is 2.28. The highest BCUT2D eigenvalue weighted by atomic mass is 14.6. The molecule has 1 aromatic rings. The minimum Gasteiger partial charge on any atom is -0.324 e. The number of hydrogen-bond donors (Lipinski definition) is 1. The lowest BCUT2D eigenvalue weighted by atomic mass is 9.98. The van der Waals surface area contributed by atoms with Crippen LogP contribution in [0.25, 0.3) is 0 Å². The zero-order chi connectivity index (χ0) is 8.97. The Labute approximate surface area is 74.6 Å². The van der Waals surface area contributed by atoms with Gasteiger partial charge in [0.25, 0.3) is 0 Å². The molecule has 1 aromatic carbocycles. The van der Waals surface area contributed by atoms with Crippen molar-refractivity contribution in [3.8, 4) is 0 Å². The van der Waals surface area contributed by atoms with Crippen LogP contribution in [0.5, 0.6) is 0 Å². The molecule has 1 atom stereocenters. The first-order chi connectivity index (χ1) is 5.79. The van der Waals surface area contributed by atoms with E-state index >= 15 is 0 Å². The van der Waals surface area contributed by atoms with Crippen LogP contribution < -0.4 is 5.73 Å². The normalized spacial score (nSPS) is 12.9. The van der Waals surface area contributed by atoms with Crippen molar-refractivity contribution in [1.29, 1.82) is 0 Å². The molecule has 1 nitrogen and oxygen atoms in total. The smallest absolute Gasteiger partial charge is 0.0294 e. The molecule has 1 heteroatoms. The second-order valence-corrected chi connectivity index (χ2v) is 3.07. The van der Waals surface area contributed by atoms with Gasteiger partial charge in [-0.2, -0.15) is 0 Å². The van der Waals surface area contributed by atoms with Crippen molar-refractivity contribution in [1.82, 2.24) is 0 Å². The summed E-state index contributed by atoms with van der Waals surface area (Å²) in [6, 6.07) is 8.63. The number of aryl methyl sites for hydroxylation is 1. The SMILES string of the molecule is CCc1ccccc1[C@H](N)CC. The van der Waals surface area contributed by atoms with Gasteiger partial charge in [-0.1, -0.05) is 38.1 Å². The maximum absolute atomic E-state index is 5.97. The summed E-state index contributed by atoms with van der Waals surface area (Å²) < 4.78 is 0. The van der Waals surface area contributed by atoms with Crippen molar-refractivity contribution in [3.05, 3.63) is 35.4 Å². The maximum atomic E-state index is 5.97. The summed E-state index contributed by atoms with van der Waals surface area (Å²) >= 11 is 0. The second-order valence-electron chi connectivity index (χ2n) is 3.07. The predicted octanol–water partition coefficient (Wildman–Crippen LogP) is 2.66. The molecule has 0 aliphatic rings. The molecule has 0 aliphatic carbocycles. The minimum atomic E-state index is 0.209. The molecule has 0 saturated heterocycles. The molecule has 2 N–H and O–H groups in total. The molecule has 0 amide bonds. The van der Waals surface area contributed by atoms with Crippen LogP contribution in [0.15, 0.2) is 24.3 Å². The Hall–Kier alpha value is -0.820. The van der Waals surface area contributed by atoms with E-state index in [1.807, 2.05) is 0 Å². The summed E-state index contributed by atoms with van der Waals surface area (Å²) in [4.78, 5) is 0. The van der Waals surface area contributed by atoms with Crippen LogP contribution in [0.1, 0.15) is 37.4 Å². The Morgan fingerprint density at radius 3 is 2.50 bits per heavy atom. The highest BCUT2D eigenvalue weighted by Gasteiger charge is 2.05. The van der Waals surface area contributed by atoms with E-state index in [9.17, 15) is 0 Å². The number of benzene rings is 1. The zero-order valence-electron chi connectivity index (χ0n) is 7.88. The van der Waals surface area contributed by atoms with Gasteiger partial charge in [-0.25, -0.2) is 0 Å². The third kappa shape index (κ3) is 1.86. The molecule has 12 heavy (non-hydrogen) atoms. The molecular weight excluding hydrogens is 146 g/mol. The van der Waals surface area contributed by atoms with Gasteiger partial charge in [0.05, 0.1) is 0 Å². The van der Waals surface area contributed by atoms with Crippen molar-refractivity contribution in [2.24, 2.45) is 5.73 Å². The summed E-state index contributed by atoms with van der Waals surface area (Å²) in [5.74, 6) is 0. The Morgan fingerprint density at radius 1 is 1.25 bits per heavy atom. The predicted molar refractivity (Wildman–Crippen MR) is 53.0 cm³/mol. The molecule has 0 fully saturated rings. The number of hydrogen-bond acceptors (Lipinski definition) is 1. The quantitative estimate of drug-likeness (QED) is 0.728. The molecule has 0 aliphatic heterocycles. The molecule has 0 unspecified atom stereocenters. The van der Waals surface area contributed by atoms with Crippen molar-refractivity contribution >= 4 is 0 Å². The van der Waals surface area contributed by atoms with Gasteiger partial charge < -0.3 is 5.73 Å². The fourth-order valence-corrected chi connectivity index (χ4v) is 1.44. The summed E-state index contributed by atoms with van der Waals surface area (Å²) in [7, 11) is 0. The third-order valence-electron chi connectivity index (χ3n) is 2.28. The van der Waals surface area contributed by atoms with E-state index in [1.165, 1.54) is 11.1 Å². The first-order valence-corrected chi connectivity index (χ1v) is 4.63. The zero-order valence-corrected chi connectivity index (χ0v) is 7.88. The van der Waals surface area contributed by atoms with Crippen LogP contribution in [-0.4, -0.2) is 0 Å². The standard InChI is InChI=1S/C11H17N/c1-3-9-7-5-6-8-10(9)11(12)4-2/h5-8,11H,3-4,12H2,1-2H3/t11-/m1/s1. The van der Waals surface area contributed by atoms with E-state index in [-0.39, 0.29) is 6.04 Å². The molecule has 0 spiro atoms. The maximum Gasteiger partial charge on any atom is 0.0294 e. The number of rotatable bonds is 3. The van der Waals surface area contributed by atoms with E-state index in [0.29, 0.717) is 0 Å². The highest BCUT2D eigenvalue weighted by molar-refractivity contribution is 5.29. The first-order valence-electron chi connectivity index (χ1n) is 4.63. The molecule has 66 valence electrons. The van der Waals surface area contributed by atoms with E-state index < -0.39 is 0 Å². The van der Waals surface area contributed by atoms with Crippen molar-refractivity contribution in [2.75, 3.05) is 0 Å². The molecule has 0 heterocycles. The van der Waals surface area contributed by atoms with Crippen LogP contribution in [0.2, 0.25) is 0 Å². The molecular formula is C11H17N. The average molecular weight is 163 g/mol. The fraction of sp³-hybridized carbons (Fsp3) is 0.455. The minimum absolute atomic E-state index is 0.209. The lowest BCUT2D eigenvalue weighted by molar-refractivity contribution is 0.690. The van der Waals surface area contributed by atoms with E-state index in [1.54, 1.807) is 0 Å². The van der Waals surface area contributed by atoms with Gasteiger partial charge in [0.1, 0.15) is 0 Å². The first kappa shape index (κ1) is 9.27. The van der Waals surface area contributed by atoms with Gasteiger partial charge in [-0.3, -0.25) is 0 Å². The second kappa shape index (κ2) is 4.27. The summed E-state index contributed by atoms with van der Waals surface area (Å²) in [6.45, 7) is 4.29. The Bertz CT molecular complexity index is 243. The van der Waals surface area contributed by atoms with Gasteiger partial charge in [0.15, 0.2) is 0 Å². The van der Waals surface area contributed by atoms with Gasteiger partial charge >= 0.3 is 0 Å². The fourth-order valence-electron chi connectivity index (χ4n) is 1.44. The van der Waals surface area contributed by atoms with Gasteiger partial charge in [-0.05, 0) is 24.0 Å². The van der Waals surface area contributed by atoms with Crippen molar-refractivity contribution in [2.45, 2.75) is 32.7 Å². The van der Waals surface area contributed by atoms with E-state index in [2.05, 4.69) is 38.1 Å². The molecule has 0 saturated carbocycles. The van der Waals surface area contributed by atoms with E-state index in [0.717, 1.165) is 12.8 Å². The van der Waals surface area contributed by atoms with E-state index in [4.69, 9.17) is 5.73 Å². The van der Waals surface area contributed by atoms with Crippen LogP contribution >= 0.6 is 0 Å². The molecule has 0 radical (unpaired) electrons. The average Bonchev–Trinajstić information content (AvgIpc) is 2.16. The lowest BCUT2D eigenvalue weighted by Gasteiger charge is -2.13. The van der Waals surface area contributed by atoms with Crippen LogP contribution in [0.4, 0.5) is 0 Å². The Morgan fingerprint density at radius 2 is 1.92 bits per heavy atom. The highest BCUT2D eigenvalue weighted by Crippen LogP contribution is 2.18. The van der Waals surface area contributed by atoms with Crippen LogP contribution in [-0.2, 0) is 6.42 Å². The molecule has 0 bridgehead atoms. The summed E-state index contributed by atoms with van der Waals surface area (Å²) in [5, 5.41) is 0. The molecule has 0 aromatic heterocycles. The van der Waals surface area contributed by atoms with Crippen molar-refractivity contribution in [3.63, 3.8) is 0 Å². The van der Waals surface area contributed by atoms with Gasteiger partial charge in [-0.15, -0.1) is 0 Å². The largest absolute Gasteiger partial charge is 0.324 e. The Balaban J connectivity index is 2.96. The summed E-state index contributed by atoms with van der Waals surface area (Å²) in [5.41, 5.74) is 8.66. The summed E-state index contributed by atoms with van der Waals surface area (Å²) in [6.07, 6.45) is 2.08. The topological polar surface area (TPSA) is 26.0 Å². The molecule has 1 rings (SSSR count).